The molecule has 0 unspecified atom stereocenters. The zero-order chi connectivity index (χ0) is 20.8. The summed E-state index contributed by atoms with van der Waals surface area (Å²) < 4.78 is 2.08. The molecule has 156 valence electrons. The van der Waals surface area contributed by atoms with Crippen LogP contribution >= 0.6 is 0 Å². The number of aromatic nitrogens is 5. The fourth-order valence-electron chi connectivity index (χ4n) is 4.81. The van der Waals surface area contributed by atoms with E-state index in [9.17, 15) is 0 Å². The molecule has 0 radical (unpaired) electrons. The van der Waals surface area contributed by atoms with Crippen molar-refractivity contribution in [2.24, 2.45) is 0 Å². The van der Waals surface area contributed by atoms with Gasteiger partial charge in [0.2, 0.25) is 5.95 Å². The zero-order valence-corrected chi connectivity index (χ0v) is 17.7. The van der Waals surface area contributed by atoms with Gasteiger partial charge in [0, 0.05) is 61.5 Å². The summed E-state index contributed by atoms with van der Waals surface area (Å²) in [5.74, 6) is 2.04. The Balaban J connectivity index is 1.38. The lowest BCUT2D eigenvalue weighted by Crippen LogP contribution is -2.48. The molecule has 0 bridgehead atoms. The van der Waals surface area contributed by atoms with Crippen LogP contribution in [0.5, 0.6) is 0 Å². The van der Waals surface area contributed by atoms with Crippen LogP contribution in [0.4, 0.5) is 11.8 Å². The average Bonchev–Trinajstić information content (AvgIpc) is 3.45. The first kappa shape index (κ1) is 18.3. The largest absolute Gasteiger partial charge is 0.353 e. The van der Waals surface area contributed by atoms with Crippen LogP contribution < -0.4 is 9.80 Å². The molecular formula is C24H25N7. The van der Waals surface area contributed by atoms with E-state index in [4.69, 9.17) is 10.1 Å². The molecule has 1 saturated heterocycles. The van der Waals surface area contributed by atoms with Crippen molar-refractivity contribution in [3.8, 4) is 11.3 Å². The second-order valence-corrected chi connectivity index (χ2v) is 8.41. The predicted molar refractivity (Wildman–Crippen MR) is 122 cm³/mol. The third-order valence-electron chi connectivity index (χ3n) is 6.33. The van der Waals surface area contributed by atoms with E-state index < -0.39 is 0 Å². The maximum Gasteiger partial charge on any atom is 0.225 e. The fourth-order valence-corrected chi connectivity index (χ4v) is 4.81. The van der Waals surface area contributed by atoms with Gasteiger partial charge in [-0.25, -0.2) is 15.0 Å². The lowest BCUT2D eigenvalue weighted by atomic mass is 10.1. The van der Waals surface area contributed by atoms with Crippen LogP contribution in [0.1, 0.15) is 23.2 Å². The van der Waals surface area contributed by atoms with E-state index in [2.05, 4.69) is 61.5 Å². The van der Waals surface area contributed by atoms with E-state index in [-0.39, 0.29) is 0 Å². The van der Waals surface area contributed by atoms with Gasteiger partial charge in [0.25, 0.3) is 0 Å². The predicted octanol–water partition coefficient (Wildman–Crippen LogP) is 3.31. The minimum absolute atomic E-state index is 0.813. The normalized spacial score (nSPS) is 16.2. The third kappa shape index (κ3) is 3.21. The Bertz CT molecular complexity index is 1240. The molecule has 0 spiro atoms. The molecule has 1 fully saturated rings. The van der Waals surface area contributed by atoms with Gasteiger partial charge in [-0.1, -0.05) is 23.8 Å². The molecule has 0 atom stereocenters. The zero-order valence-electron chi connectivity index (χ0n) is 17.7. The van der Waals surface area contributed by atoms with Gasteiger partial charge in [-0.2, -0.15) is 9.61 Å². The number of hydrogen-bond donors (Lipinski definition) is 0. The number of anilines is 2. The maximum absolute atomic E-state index is 5.03. The van der Waals surface area contributed by atoms with Gasteiger partial charge in [0.05, 0.1) is 5.69 Å². The Kier molecular flexibility index (Phi) is 4.33. The van der Waals surface area contributed by atoms with Crippen LogP contribution in [0.25, 0.3) is 16.9 Å². The summed E-state index contributed by atoms with van der Waals surface area (Å²) in [5.41, 5.74) is 6.92. The van der Waals surface area contributed by atoms with Crippen LogP contribution in [-0.4, -0.2) is 50.7 Å². The SMILES string of the molecule is Cc1cccc(-c2cc3nc4c(c(N5CCN(c6ncccn6)CC5)n3n2)CCC4)c1. The summed E-state index contributed by atoms with van der Waals surface area (Å²) in [7, 11) is 0. The first-order valence-corrected chi connectivity index (χ1v) is 11.0. The Labute approximate surface area is 181 Å². The van der Waals surface area contributed by atoms with Gasteiger partial charge in [-0.3, -0.25) is 0 Å². The molecule has 1 aromatic carbocycles. The van der Waals surface area contributed by atoms with Gasteiger partial charge >= 0.3 is 0 Å². The molecule has 0 amide bonds. The summed E-state index contributed by atoms with van der Waals surface area (Å²) in [6.07, 6.45) is 6.93. The molecule has 7 nitrogen and oxygen atoms in total. The van der Waals surface area contributed by atoms with Crippen molar-refractivity contribution in [2.75, 3.05) is 36.0 Å². The lowest BCUT2D eigenvalue weighted by molar-refractivity contribution is 0.624. The van der Waals surface area contributed by atoms with Crippen molar-refractivity contribution >= 4 is 17.4 Å². The molecule has 1 aliphatic carbocycles. The average molecular weight is 412 g/mol. The molecule has 31 heavy (non-hydrogen) atoms. The first-order chi connectivity index (χ1) is 15.3. The Morgan fingerprint density at radius 1 is 0.871 bits per heavy atom. The molecule has 3 aromatic heterocycles. The molecule has 4 heterocycles. The van der Waals surface area contributed by atoms with Gasteiger partial charge in [-0.15, -0.1) is 0 Å². The van der Waals surface area contributed by atoms with E-state index in [1.54, 1.807) is 0 Å². The quantitative estimate of drug-likeness (QED) is 0.515. The standard InChI is InChI=1S/C24H25N7/c1-17-5-2-6-18(15-17)21-16-22-27-20-8-3-7-19(20)23(31(22)28-21)29-11-13-30(14-12-29)24-25-9-4-10-26-24/h2,4-6,9-10,15-16H,3,7-8,11-14H2,1H3. The van der Waals surface area contributed by atoms with Crippen molar-refractivity contribution in [2.45, 2.75) is 26.2 Å². The maximum atomic E-state index is 5.03. The number of aryl methyl sites for hydroxylation is 2. The summed E-state index contributed by atoms with van der Waals surface area (Å²) in [5, 5.41) is 5.03. The highest BCUT2D eigenvalue weighted by molar-refractivity contribution is 5.68. The summed E-state index contributed by atoms with van der Waals surface area (Å²) in [6, 6.07) is 12.5. The van der Waals surface area contributed by atoms with Gasteiger partial charge in [0.1, 0.15) is 5.82 Å². The second-order valence-electron chi connectivity index (χ2n) is 8.41. The molecule has 1 aliphatic heterocycles. The lowest BCUT2D eigenvalue weighted by Gasteiger charge is -2.36. The van der Waals surface area contributed by atoms with Crippen LogP contribution in [-0.2, 0) is 12.8 Å². The van der Waals surface area contributed by atoms with Crippen molar-refractivity contribution in [1.29, 1.82) is 0 Å². The minimum atomic E-state index is 0.813. The number of fused-ring (bicyclic) bond motifs is 2. The summed E-state index contributed by atoms with van der Waals surface area (Å²) >= 11 is 0. The molecule has 6 rings (SSSR count). The van der Waals surface area contributed by atoms with Gasteiger partial charge in [-0.05, 0) is 38.3 Å². The summed E-state index contributed by atoms with van der Waals surface area (Å²) in [6.45, 7) is 5.75. The monoisotopic (exact) mass is 411 g/mol. The van der Waals surface area contributed by atoms with Gasteiger partial charge < -0.3 is 9.80 Å². The highest BCUT2D eigenvalue weighted by Gasteiger charge is 2.28. The molecule has 0 saturated carbocycles. The smallest absolute Gasteiger partial charge is 0.225 e. The Hall–Kier alpha value is -3.48. The number of piperazine rings is 1. The Morgan fingerprint density at radius 3 is 2.48 bits per heavy atom. The molecule has 2 aliphatic rings. The number of benzene rings is 1. The van der Waals surface area contributed by atoms with E-state index in [1.807, 2.05) is 18.5 Å². The van der Waals surface area contributed by atoms with Crippen LogP contribution in [0.3, 0.4) is 0 Å². The minimum Gasteiger partial charge on any atom is -0.353 e. The third-order valence-corrected chi connectivity index (χ3v) is 6.33. The van der Waals surface area contributed by atoms with Crippen LogP contribution in [0.2, 0.25) is 0 Å². The molecule has 7 heteroatoms. The number of nitrogens with zero attached hydrogens (tertiary/aromatic N) is 7. The first-order valence-electron chi connectivity index (χ1n) is 11.0. The fraction of sp³-hybridized carbons (Fsp3) is 0.333. The van der Waals surface area contributed by atoms with Crippen molar-refractivity contribution in [1.82, 2.24) is 24.6 Å². The highest BCUT2D eigenvalue weighted by Crippen LogP contribution is 2.33. The molecular weight excluding hydrogens is 386 g/mol. The van der Waals surface area contributed by atoms with E-state index in [1.165, 1.54) is 29.1 Å². The van der Waals surface area contributed by atoms with E-state index >= 15 is 0 Å². The summed E-state index contributed by atoms with van der Waals surface area (Å²) in [4.78, 5) is 18.6. The van der Waals surface area contributed by atoms with Crippen LogP contribution in [0, 0.1) is 6.92 Å². The van der Waals surface area contributed by atoms with Crippen molar-refractivity contribution in [3.63, 3.8) is 0 Å². The molecule has 0 N–H and O–H groups in total. The van der Waals surface area contributed by atoms with Crippen molar-refractivity contribution < 1.29 is 0 Å². The second kappa shape index (κ2) is 7.34. The topological polar surface area (TPSA) is 62.5 Å². The number of hydrogen-bond acceptors (Lipinski definition) is 6. The molecule has 4 aromatic rings. The van der Waals surface area contributed by atoms with E-state index in [0.29, 0.717) is 0 Å². The van der Waals surface area contributed by atoms with Crippen LogP contribution in [0.15, 0.2) is 48.8 Å². The Morgan fingerprint density at radius 2 is 1.68 bits per heavy atom. The van der Waals surface area contributed by atoms with Crippen molar-refractivity contribution in [3.05, 3.63) is 65.6 Å². The van der Waals surface area contributed by atoms with E-state index in [0.717, 1.165) is 61.9 Å². The van der Waals surface area contributed by atoms with Gasteiger partial charge in [0.15, 0.2) is 5.65 Å². The number of rotatable bonds is 3. The highest BCUT2D eigenvalue weighted by atomic mass is 15.4.